The molecular weight excluding hydrogens is 172 g/mol. The molecular formula is C12H26N2. The van der Waals surface area contributed by atoms with Gasteiger partial charge in [0, 0.05) is 18.1 Å². The van der Waals surface area contributed by atoms with E-state index in [1.807, 2.05) is 0 Å². The van der Waals surface area contributed by atoms with Crippen molar-refractivity contribution < 1.29 is 0 Å². The highest BCUT2D eigenvalue weighted by Crippen LogP contribution is 2.27. The third-order valence-electron chi connectivity index (χ3n) is 3.54. The van der Waals surface area contributed by atoms with Crippen LogP contribution in [-0.4, -0.2) is 36.6 Å². The van der Waals surface area contributed by atoms with Gasteiger partial charge in [0.2, 0.25) is 0 Å². The molecule has 0 radical (unpaired) electrons. The van der Waals surface area contributed by atoms with Crippen molar-refractivity contribution in [1.29, 1.82) is 0 Å². The van der Waals surface area contributed by atoms with Crippen molar-refractivity contribution in [2.24, 2.45) is 0 Å². The van der Waals surface area contributed by atoms with Crippen molar-refractivity contribution in [3.05, 3.63) is 0 Å². The second-order valence-electron chi connectivity index (χ2n) is 5.13. The molecule has 1 rings (SSSR count). The van der Waals surface area contributed by atoms with Gasteiger partial charge in [-0.3, -0.25) is 4.90 Å². The fraction of sp³-hybridized carbons (Fsp3) is 1.00. The minimum Gasteiger partial charge on any atom is -0.317 e. The third-order valence-corrected chi connectivity index (χ3v) is 3.54. The molecule has 1 aliphatic heterocycles. The molecule has 1 unspecified atom stereocenters. The smallest absolute Gasteiger partial charge is 0.0168 e. The SMILES string of the molecule is CCCCN1CCC(NC)CC1(C)C. The van der Waals surface area contributed by atoms with E-state index in [2.05, 4.69) is 38.0 Å². The second kappa shape index (κ2) is 5.13. The Balaban J connectivity index is 2.45. The highest BCUT2D eigenvalue weighted by atomic mass is 15.2. The summed E-state index contributed by atoms with van der Waals surface area (Å²) < 4.78 is 0. The third kappa shape index (κ3) is 2.96. The number of nitrogens with one attached hydrogen (secondary N) is 1. The molecule has 0 aliphatic carbocycles. The molecule has 0 saturated carbocycles. The van der Waals surface area contributed by atoms with Gasteiger partial charge in [-0.25, -0.2) is 0 Å². The Morgan fingerprint density at radius 3 is 2.64 bits per heavy atom. The molecule has 1 saturated heterocycles. The van der Waals surface area contributed by atoms with Crippen molar-refractivity contribution in [3.8, 4) is 0 Å². The molecule has 1 atom stereocenters. The Morgan fingerprint density at radius 1 is 1.43 bits per heavy atom. The maximum Gasteiger partial charge on any atom is 0.0168 e. The van der Waals surface area contributed by atoms with Crippen LogP contribution in [-0.2, 0) is 0 Å². The van der Waals surface area contributed by atoms with Crippen LogP contribution in [0, 0.1) is 0 Å². The predicted octanol–water partition coefficient (Wildman–Crippen LogP) is 2.25. The van der Waals surface area contributed by atoms with Crippen LogP contribution in [0.2, 0.25) is 0 Å². The van der Waals surface area contributed by atoms with Gasteiger partial charge in [-0.1, -0.05) is 13.3 Å². The van der Waals surface area contributed by atoms with Gasteiger partial charge in [0.05, 0.1) is 0 Å². The van der Waals surface area contributed by atoms with E-state index < -0.39 is 0 Å². The maximum atomic E-state index is 3.41. The summed E-state index contributed by atoms with van der Waals surface area (Å²) in [4.78, 5) is 2.66. The first-order valence-corrected chi connectivity index (χ1v) is 6.02. The van der Waals surface area contributed by atoms with Gasteiger partial charge in [-0.2, -0.15) is 0 Å². The van der Waals surface area contributed by atoms with E-state index >= 15 is 0 Å². The van der Waals surface area contributed by atoms with Gasteiger partial charge in [0.25, 0.3) is 0 Å². The van der Waals surface area contributed by atoms with Crippen LogP contribution < -0.4 is 5.32 Å². The van der Waals surface area contributed by atoms with Crippen molar-refractivity contribution in [1.82, 2.24) is 10.2 Å². The lowest BCUT2D eigenvalue weighted by atomic mass is 9.87. The number of hydrogen-bond acceptors (Lipinski definition) is 2. The van der Waals surface area contributed by atoms with Crippen molar-refractivity contribution >= 4 is 0 Å². The molecule has 2 heteroatoms. The molecule has 1 fully saturated rings. The number of piperidine rings is 1. The van der Waals surface area contributed by atoms with Gasteiger partial charge in [-0.05, 0) is 46.7 Å². The lowest BCUT2D eigenvalue weighted by molar-refractivity contribution is 0.0591. The molecule has 2 nitrogen and oxygen atoms in total. The van der Waals surface area contributed by atoms with Gasteiger partial charge >= 0.3 is 0 Å². The summed E-state index contributed by atoms with van der Waals surface area (Å²) in [5.74, 6) is 0. The highest BCUT2D eigenvalue weighted by molar-refractivity contribution is 4.91. The Morgan fingerprint density at radius 2 is 2.14 bits per heavy atom. The van der Waals surface area contributed by atoms with Crippen LogP contribution in [0.15, 0.2) is 0 Å². The zero-order valence-electron chi connectivity index (χ0n) is 10.3. The summed E-state index contributed by atoms with van der Waals surface area (Å²) in [5.41, 5.74) is 0.390. The molecule has 1 heterocycles. The van der Waals surface area contributed by atoms with E-state index in [1.165, 1.54) is 38.8 Å². The first kappa shape index (κ1) is 12.0. The second-order valence-corrected chi connectivity index (χ2v) is 5.13. The molecule has 1 N–H and O–H groups in total. The molecule has 0 amide bonds. The lowest BCUT2D eigenvalue weighted by Crippen LogP contribution is -2.54. The van der Waals surface area contributed by atoms with E-state index in [0.717, 1.165) is 6.04 Å². The molecule has 0 bridgehead atoms. The van der Waals surface area contributed by atoms with Gasteiger partial charge < -0.3 is 5.32 Å². The Labute approximate surface area is 89.1 Å². The first-order valence-electron chi connectivity index (χ1n) is 6.02. The van der Waals surface area contributed by atoms with E-state index in [0.29, 0.717) is 5.54 Å². The van der Waals surface area contributed by atoms with E-state index in [-0.39, 0.29) is 0 Å². The summed E-state index contributed by atoms with van der Waals surface area (Å²) in [7, 11) is 2.09. The van der Waals surface area contributed by atoms with Crippen molar-refractivity contribution in [2.45, 2.75) is 58.0 Å². The van der Waals surface area contributed by atoms with Crippen LogP contribution in [0.3, 0.4) is 0 Å². The number of likely N-dealkylation sites (tertiary alicyclic amines) is 1. The number of rotatable bonds is 4. The Kier molecular flexibility index (Phi) is 4.39. The van der Waals surface area contributed by atoms with Gasteiger partial charge in [0.1, 0.15) is 0 Å². The summed E-state index contributed by atoms with van der Waals surface area (Å²) >= 11 is 0. The van der Waals surface area contributed by atoms with Crippen LogP contribution in [0.5, 0.6) is 0 Å². The zero-order chi connectivity index (χ0) is 10.6. The average Bonchev–Trinajstić information content (AvgIpc) is 2.15. The largest absolute Gasteiger partial charge is 0.317 e. The fourth-order valence-corrected chi connectivity index (χ4v) is 2.46. The quantitative estimate of drug-likeness (QED) is 0.745. The molecule has 0 aromatic carbocycles. The number of hydrogen-bond donors (Lipinski definition) is 1. The predicted molar refractivity (Wildman–Crippen MR) is 62.6 cm³/mol. The van der Waals surface area contributed by atoms with E-state index in [1.54, 1.807) is 0 Å². The van der Waals surface area contributed by atoms with Crippen LogP contribution >= 0.6 is 0 Å². The molecule has 0 aromatic rings. The number of unbranched alkanes of at least 4 members (excludes halogenated alkanes) is 1. The zero-order valence-corrected chi connectivity index (χ0v) is 10.3. The highest BCUT2D eigenvalue weighted by Gasteiger charge is 2.33. The summed E-state index contributed by atoms with van der Waals surface area (Å²) in [6, 6.07) is 0.725. The average molecular weight is 198 g/mol. The van der Waals surface area contributed by atoms with Crippen LogP contribution in [0.25, 0.3) is 0 Å². The molecule has 0 spiro atoms. The van der Waals surface area contributed by atoms with Crippen LogP contribution in [0.1, 0.15) is 46.5 Å². The topological polar surface area (TPSA) is 15.3 Å². The molecule has 1 aliphatic rings. The lowest BCUT2D eigenvalue weighted by Gasteiger charge is -2.45. The van der Waals surface area contributed by atoms with Crippen LogP contribution in [0.4, 0.5) is 0 Å². The van der Waals surface area contributed by atoms with Gasteiger partial charge in [0.15, 0.2) is 0 Å². The molecule has 84 valence electrons. The summed E-state index contributed by atoms with van der Waals surface area (Å²) in [6.45, 7) is 9.57. The number of nitrogens with zero attached hydrogens (tertiary/aromatic N) is 1. The Bertz CT molecular complexity index is 166. The summed E-state index contributed by atoms with van der Waals surface area (Å²) in [5, 5.41) is 3.41. The molecule has 0 aromatic heterocycles. The van der Waals surface area contributed by atoms with E-state index in [4.69, 9.17) is 0 Å². The minimum atomic E-state index is 0.390. The maximum absolute atomic E-state index is 3.41. The van der Waals surface area contributed by atoms with Crippen molar-refractivity contribution in [2.75, 3.05) is 20.1 Å². The standard InChI is InChI=1S/C12H26N2/c1-5-6-8-14-9-7-11(13-4)10-12(14,2)3/h11,13H,5-10H2,1-4H3. The Hall–Kier alpha value is -0.0800. The first-order chi connectivity index (χ1) is 6.60. The minimum absolute atomic E-state index is 0.390. The van der Waals surface area contributed by atoms with Gasteiger partial charge in [-0.15, -0.1) is 0 Å². The monoisotopic (exact) mass is 198 g/mol. The van der Waals surface area contributed by atoms with Crippen molar-refractivity contribution in [3.63, 3.8) is 0 Å². The van der Waals surface area contributed by atoms with E-state index in [9.17, 15) is 0 Å². The normalized spacial score (nSPS) is 27.9. The molecule has 14 heavy (non-hydrogen) atoms. The fourth-order valence-electron chi connectivity index (χ4n) is 2.46. The summed E-state index contributed by atoms with van der Waals surface area (Å²) in [6.07, 6.45) is 5.24.